The van der Waals surface area contributed by atoms with E-state index < -0.39 is 0 Å². The van der Waals surface area contributed by atoms with Crippen LogP contribution in [0.5, 0.6) is 0 Å². The van der Waals surface area contributed by atoms with E-state index in [9.17, 15) is 9.59 Å². The molecule has 24 heavy (non-hydrogen) atoms. The van der Waals surface area contributed by atoms with E-state index in [0.29, 0.717) is 14.9 Å². The lowest BCUT2D eigenvalue weighted by atomic mass is 10.1. The number of nitrogens with one attached hydrogen (secondary N) is 1. The molecule has 4 nitrogen and oxygen atoms in total. The van der Waals surface area contributed by atoms with Gasteiger partial charge in [-0.3, -0.25) is 14.9 Å². The molecule has 1 amide bonds. The monoisotopic (exact) mass is 356 g/mol. The first-order valence-electron chi connectivity index (χ1n) is 7.53. The number of ketones is 1. The molecule has 0 spiro atoms. The minimum atomic E-state index is -0.241. The highest BCUT2D eigenvalue weighted by molar-refractivity contribution is 7.16. The van der Waals surface area contributed by atoms with Crippen molar-refractivity contribution in [2.45, 2.75) is 20.3 Å². The fraction of sp³-hybridized carbons (Fsp3) is 0.167. The molecule has 0 saturated heterocycles. The Morgan fingerprint density at radius 1 is 1.08 bits per heavy atom. The molecule has 0 fully saturated rings. The smallest absolute Gasteiger partial charge is 0.267 e. The molecule has 0 radical (unpaired) electrons. The molecule has 1 aromatic carbocycles. The van der Waals surface area contributed by atoms with Gasteiger partial charge in [0.05, 0.1) is 15.4 Å². The molecule has 0 bridgehead atoms. The molecule has 3 rings (SSSR count). The molecule has 0 unspecified atom stereocenters. The number of carbonyl (C=O) groups is 2. The summed E-state index contributed by atoms with van der Waals surface area (Å²) >= 11 is 2.58. The van der Waals surface area contributed by atoms with Gasteiger partial charge >= 0.3 is 0 Å². The van der Waals surface area contributed by atoms with Crippen LogP contribution in [-0.4, -0.2) is 16.7 Å². The Morgan fingerprint density at radius 3 is 2.42 bits per heavy atom. The lowest BCUT2D eigenvalue weighted by molar-refractivity contribution is 0.101. The first kappa shape index (κ1) is 16.5. The maximum absolute atomic E-state index is 12.2. The second kappa shape index (κ2) is 7.07. The van der Waals surface area contributed by atoms with Crippen LogP contribution in [0.1, 0.15) is 38.8 Å². The number of Topliss-reactive ketones (excluding diaryl/α,β-unsaturated/α-hetero) is 1. The molecule has 1 N–H and O–H groups in total. The van der Waals surface area contributed by atoms with E-state index in [4.69, 9.17) is 0 Å². The standard InChI is InChI=1S/C18H16N2O2S2/c1-3-12-4-6-13(7-5-12)14-10-23-18(19-14)20-17(22)16-9-8-15(24-16)11(2)21/h4-10H,3H2,1-2H3,(H,19,20,22). The number of carbonyl (C=O) groups excluding carboxylic acids is 2. The summed E-state index contributed by atoms with van der Waals surface area (Å²) in [7, 11) is 0. The summed E-state index contributed by atoms with van der Waals surface area (Å²) in [6, 6.07) is 11.6. The van der Waals surface area contributed by atoms with Crippen LogP contribution >= 0.6 is 22.7 Å². The van der Waals surface area contributed by atoms with Gasteiger partial charge in [0.1, 0.15) is 0 Å². The molecule has 3 aromatic rings. The Morgan fingerprint density at radius 2 is 1.79 bits per heavy atom. The number of rotatable bonds is 5. The summed E-state index contributed by atoms with van der Waals surface area (Å²) in [6.07, 6.45) is 1.00. The molecule has 0 saturated carbocycles. The molecule has 2 aromatic heterocycles. The van der Waals surface area contributed by atoms with E-state index in [1.165, 1.54) is 35.2 Å². The van der Waals surface area contributed by atoms with Gasteiger partial charge < -0.3 is 0 Å². The normalized spacial score (nSPS) is 10.6. The van der Waals surface area contributed by atoms with Gasteiger partial charge in [-0.05, 0) is 31.0 Å². The topological polar surface area (TPSA) is 59.1 Å². The van der Waals surface area contributed by atoms with Gasteiger partial charge in [-0.1, -0.05) is 31.2 Å². The van der Waals surface area contributed by atoms with Crippen LogP contribution in [0.2, 0.25) is 0 Å². The molecule has 0 aliphatic carbocycles. The van der Waals surface area contributed by atoms with Crippen molar-refractivity contribution in [2.24, 2.45) is 0 Å². The van der Waals surface area contributed by atoms with Gasteiger partial charge in [0.25, 0.3) is 5.91 Å². The number of amides is 1. The van der Waals surface area contributed by atoms with Gasteiger partial charge in [0, 0.05) is 10.9 Å². The molecule has 2 heterocycles. The molecule has 122 valence electrons. The number of anilines is 1. The SMILES string of the molecule is CCc1ccc(-c2csc(NC(=O)c3ccc(C(C)=O)s3)n2)cc1. The van der Waals surface area contributed by atoms with Crippen molar-refractivity contribution in [1.29, 1.82) is 0 Å². The van der Waals surface area contributed by atoms with Crippen LogP contribution in [0, 0.1) is 0 Å². The molecule has 0 atom stereocenters. The zero-order valence-corrected chi connectivity index (χ0v) is 15.0. The summed E-state index contributed by atoms with van der Waals surface area (Å²) in [5, 5.41) is 5.26. The second-order valence-electron chi connectivity index (χ2n) is 5.26. The summed E-state index contributed by atoms with van der Waals surface area (Å²) in [4.78, 5) is 29.1. The number of thiazole rings is 1. The molecular formula is C18H16N2O2S2. The van der Waals surface area contributed by atoms with Gasteiger partial charge in [-0.25, -0.2) is 4.98 Å². The average Bonchev–Trinajstić information content (AvgIpc) is 3.24. The molecule has 6 heteroatoms. The number of hydrogen-bond donors (Lipinski definition) is 1. The van der Waals surface area contributed by atoms with Gasteiger partial charge in [-0.15, -0.1) is 22.7 Å². The third kappa shape index (κ3) is 3.60. The predicted octanol–water partition coefficient (Wildman–Crippen LogP) is 4.89. The average molecular weight is 356 g/mol. The maximum atomic E-state index is 12.2. The van der Waals surface area contributed by atoms with Crippen molar-refractivity contribution in [3.05, 3.63) is 57.1 Å². The quantitative estimate of drug-likeness (QED) is 0.662. The van der Waals surface area contributed by atoms with Crippen LogP contribution in [0.3, 0.4) is 0 Å². The second-order valence-corrected chi connectivity index (χ2v) is 7.20. The minimum absolute atomic E-state index is 0.0360. The fourth-order valence-corrected chi connectivity index (χ4v) is 3.69. The van der Waals surface area contributed by atoms with E-state index in [1.54, 1.807) is 12.1 Å². The van der Waals surface area contributed by atoms with Crippen LogP contribution in [0.4, 0.5) is 5.13 Å². The number of thiophene rings is 1. The third-order valence-corrected chi connectivity index (χ3v) is 5.50. The Kier molecular flexibility index (Phi) is 4.87. The van der Waals surface area contributed by atoms with Crippen molar-refractivity contribution >= 4 is 39.5 Å². The highest BCUT2D eigenvalue weighted by Crippen LogP contribution is 2.26. The van der Waals surface area contributed by atoms with Gasteiger partial charge in [-0.2, -0.15) is 0 Å². The maximum Gasteiger partial charge on any atom is 0.267 e. The molecular weight excluding hydrogens is 340 g/mol. The number of hydrogen-bond acceptors (Lipinski definition) is 5. The zero-order chi connectivity index (χ0) is 17.1. The first-order valence-corrected chi connectivity index (χ1v) is 9.23. The fourth-order valence-electron chi connectivity index (χ4n) is 2.18. The number of nitrogens with zero attached hydrogens (tertiary/aromatic N) is 1. The Balaban J connectivity index is 1.72. The third-order valence-electron chi connectivity index (χ3n) is 3.56. The van der Waals surface area contributed by atoms with Crippen LogP contribution in [0.25, 0.3) is 11.3 Å². The van der Waals surface area contributed by atoms with Crippen molar-refractivity contribution in [3.63, 3.8) is 0 Å². The summed E-state index contributed by atoms with van der Waals surface area (Å²) in [6.45, 7) is 3.61. The van der Waals surface area contributed by atoms with E-state index >= 15 is 0 Å². The highest BCUT2D eigenvalue weighted by atomic mass is 32.1. The van der Waals surface area contributed by atoms with Crippen LogP contribution in [-0.2, 0) is 6.42 Å². The molecule has 0 aliphatic heterocycles. The summed E-state index contributed by atoms with van der Waals surface area (Å²) in [5.74, 6) is -0.277. The van der Waals surface area contributed by atoms with E-state index in [1.807, 2.05) is 17.5 Å². The largest absolute Gasteiger partial charge is 0.297 e. The summed E-state index contributed by atoms with van der Waals surface area (Å²) < 4.78 is 0. The van der Waals surface area contributed by atoms with E-state index in [0.717, 1.165) is 17.7 Å². The van der Waals surface area contributed by atoms with Crippen molar-refractivity contribution < 1.29 is 9.59 Å². The summed E-state index contributed by atoms with van der Waals surface area (Å²) in [5.41, 5.74) is 3.15. The van der Waals surface area contributed by atoms with Gasteiger partial charge in [0.2, 0.25) is 0 Å². The zero-order valence-electron chi connectivity index (χ0n) is 13.3. The van der Waals surface area contributed by atoms with Crippen molar-refractivity contribution in [1.82, 2.24) is 4.98 Å². The minimum Gasteiger partial charge on any atom is -0.297 e. The van der Waals surface area contributed by atoms with Gasteiger partial charge in [0.15, 0.2) is 10.9 Å². The Bertz CT molecular complexity index is 879. The highest BCUT2D eigenvalue weighted by Gasteiger charge is 2.13. The van der Waals surface area contributed by atoms with Crippen molar-refractivity contribution in [3.8, 4) is 11.3 Å². The molecule has 0 aliphatic rings. The Hall–Kier alpha value is -2.31. The van der Waals surface area contributed by atoms with Crippen LogP contribution < -0.4 is 5.32 Å². The number of aromatic nitrogens is 1. The van der Waals surface area contributed by atoms with Crippen LogP contribution in [0.15, 0.2) is 41.8 Å². The number of benzene rings is 1. The number of aryl methyl sites for hydroxylation is 1. The van der Waals surface area contributed by atoms with E-state index in [2.05, 4.69) is 29.4 Å². The Labute approximate surface area is 148 Å². The lowest BCUT2D eigenvalue weighted by Gasteiger charge is -2.00. The first-order chi connectivity index (χ1) is 11.6. The van der Waals surface area contributed by atoms with Crippen molar-refractivity contribution in [2.75, 3.05) is 5.32 Å². The predicted molar refractivity (Wildman–Crippen MR) is 99.2 cm³/mol. The lowest BCUT2D eigenvalue weighted by Crippen LogP contribution is -2.09. The van der Waals surface area contributed by atoms with E-state index in [-0.39, 0.29) is 11.7 Å².